The molecule has 0 aromatic heterocycles. The van der Waals surface area contributed by atoms with Crippen LogP contribution in [0.25, 0.3) is 0 Å². The summed E-state index contributed by atoms with van der Waals surface area (Å²) in [6.07, 6.45) is 2.14. The number of carbonyl (C=O) groups excluding carboxylic acids is 1. The van der Waals surface area contributed by atoms with Crippen molar-refractivity contribution in [2.24, 2.45) is 5.92 Å². The highest BCUT2D eigenvalue weighted by Crippen LogP contribution is 2.16. The van der Waals surface area contributed by atoms with Crippen molar-refractivity contribution in [1.82, 2.24) is 15.5 Å². The normalized spacial score (nSPS) is 24.4. The summed E-state index contributed by atoms with van der Waals surface area (Å²) in [6.45, 7) is 9.54. The van der Waals surface area contributed by atoms with Crippen molar-refractivity contribution in [3.8, 4) is 0 Å². The first-order valence-corrected chi connectivity index (χ1v) is 7.41. The molecule has 2 unspecified atom stereocenters. The topological polar surface area (TPSA) is 53.6 Å². The number of hydrogen-bond acceptors (Lipinski definition) is 4. The van der Waals surface area contributed by atoms with Crippen LogP contribution in [-0.2, 0) is 9.53 Å². The molecule has 0 bridgehead atoms. The third kappa shape index (κ3) is 6.36. The molecule has 1 rings (SSSR count). The standard InChI is InChI=1S/C14H29N3O2/c1-4-19-9-5-7-17-8-6-13(12(2)11-17)16-14(18)10-15-3/h12-13,15H,4-11H2,1-3H3,(H,16,18). The van der Waals surface area contributed by atoms with E-state index in [9.17, 15) is 4.79 Å². The third-order valence-electron chi connectivity index (χ3n) is 3.64. The van der Waals surface area contributed by atoms with Crippen LogP contribution in [0.4, 0.5) is 0 Å². The lowest BCUT2D eigenvalue weighted by atomic mass is 9.93. The molecule has 19 heavy (non-hydrogen) atoms. The van der Waals surface area contributed by atoms with Crippen LogP contribution in [0.1, 0.15) is 26.7 Å². The van der Waals surface area contributed by atoms with Gasteiger partial charge in [-0.2, -0.15) is 0 Å². The van der Waals surface area contributed by atoms with Crippen LogP contribution in [-0.4, -0.2) is 63.3 Å². The smallest absolute Gasteiger partial charge is 0.234 e. The van der Waals surface area contributed by atoms with Gasteiger partial charge in [-0.25, -0.2) is 0 Å². The Morgan fingerprint density at radius 1 is 1.47 bits per heavy atom. The minimum Gasteiger partial charge on any atom is -0.382 e. The summed E-state index contributed by atoms with van der Waals surface area (Å²) in [4.78, 5) is 14.1. The number of likely N-dealkylation sites (tertiary alicyclic amines) is 1. The maximum atomic E-state index is 11.6. The number of piperidine rings is 1. The van der Waals surface area contributed by atoms with Gasteiger partial charge in [0, 0.05) is 38.9 Å². The van der Waals surface area contributed by atoms with Gasteiger partial charge < -0.3 is 20.3 Å². The summed E-state index contributed by atoms with van der Waals surface area (Å²) in [5.74, 6) is 0.616. The van der Waals surface area contributed by atoms with Crippen LogP contribution in [0, 0.1) is 5.92 Å². The first-order chi connectivity index (χ1) is 9.17. The van der Waals surface area contributed by atoms with Crippen LogP contribution in [0.15, 0.2) is 0 Å². The molecule has 0 saturated carbocycles. The number of ether oxygens (including phenoxy) is 1. The van der Waals surface area contributed by atoms with E-state index in [1.165, 1.54) is 0 Å². The van der Waals surface area contributed by atoms with Crippen LogP contribution in [0.5, 0.6) is 0 Å². The molecule has 2 atom stereocenters. The molecule has 1 saturated heterocycles. The average Bonchev–Trinajstić information content (AvgIpc) is 2.38. The van der Waals surface area contributed by atoms with Gasteiger partial charge in [0.05, 0.1) is 6.54 Å². The van der Waals surface area contributed by atoms with Crippen molar-refractivity contribution in [3.05, 3.63) is 0 Å². The molecule has 0 aromatic carbocycles. The zero-order valence-electron chi connectivity index (χ0n) is 12.6. The van der Waals surface area contributed by atoms with E-state index >= 15 is 0 Å². The van der Waals surface area contributed by atoms with E-state index in [-0.39, 0.29) is 5.91 Å². The number of hydrogen-bond donors (Lipinski definition) is 2. The van der Waals surface area contributed by atoms with Gasteiger partial charge in [0.25, 0.3) is 0 Å². The van der Waals surface area contributed by atoms with Crippen LogP contribution in [0.2, 0.25) is 0 Å². The van der Waals surface area contributed by atoms with E-state index in [0.29, 0.717) is 18.5 Å². The quantitative estimate of drug-likeness (QED) is 0.630. The zero-order chi connectivity index (χ0) is 14.1. The second kappa shape index (κ2) is 9.28. The summed E-state index contributed by atoms with van der Waals surface area (Å²) in [6, 6.07) is 0.323. The lowest BCUT2D eigenvalue weighted by Gasteiger charge is -2.37. The Bertz CT molecular complexity index is 261. The zero-order valence-corrected chi connectivity index (χ0v) is 12.6. The van der Waals surface area contributed by atoms with Gasteiger partial charge in [0.15, 0.2) is 0 Å². The number of nitrogens with one attached hydrogen (secondary N) is 2. The highest BCUT2D eigenvalue weighted by Gasteiger charge is 2.26. The van der Waals surface area contributed by atoms with Gasteiger partial charge in [-0.15, -0.1) is 0 Å². The average molecular weight is 271 g/mol. The molecule has 1 fully saturated rings. The van der Waals surface area contributed by atoms with Gasteiger partial charge in [-0.05, 0) is 32.7 Å². The second-order valence-electron chi connectivity index (χ2n) is 5.32. The monoisotopic (exact) mass is 271 g/mol. The lowest BCUT2D eigenvalue weighted by Crippen LogP contribution is -2.51. The third-order valence-corrected chi connectivity index (χ3v) is 3.64. The van der Waals surface area contributed by atoms with Gasteiger partial charge >= 0.3 is 0 Å². The van der Waals surface area contributed by atoms with Crippen molar-refractivity contribution >= 4 is 5.91 Å². The number of carbonyl (C=O) groups is 1. The van der Waals surface area contributed by atoms with E-state index in [4.69, 9.17) is 4.74 Å². The number of nitrogens with zero attached hydrogens (tertiary/aromatic N) is 1. The van der Waals surface area contributed by atoms with Crippen molar-refractivity contribution in [2.45, 2.75) is 32.7 Å². The van der Waals surface area contributed by atoms with Crippen molar-refractivity contribution in [2.75, 3.05) is 46.4 Å². The number of likely N-dealkylation sites (N-methyl/N-ethyl adjacent to an activating group) is 1. The van der Waals surface area contributed by atoms with Crippen LogP contribution < -0.4 is 10.6 Å². The second-order valence-corrected chi connectivity index (χ2v) is 5.32. The van der Waals surface area contributed by atoms with Crippen molar-refractivity contribution < 1.29 is 9.53 Å². The minimum atomic E-state index is 0.101. The maximum Gasteiger partial charge on any atom is 0.234 e. The Balaban J connectivity index is 2.21. The molecule has 2 N–H and O–H groups in total. The number of rotatable bonds is 8. The lowest BCUT2D eigenvalue weighted by molar-refractivity contribution is -0.121. The summed E-state index contributed by atoms with van der Waals surface area (Å²) >= 11 is 0. The maximum absolute atomic E-state index is 11.6. The largest absolute Gasteiger partial charge is 0.382 e. The van der Waals surface area contributed by atoms with Gasteiger partial charge in [0.2, 0.25) is 5.91 Å². The van der Waals surface area contributed by atoms with Crippen molar-refractivity contribution in [3.63, 3.8) is 0 Å². The fourth-order valence-corrected chi connectivity index (χ4v) is 2.60. The molecule has 0 spiro atoms. The first-order valence-electron chi connectivity index (χ1n) is 7.41. The first kappa shape index (κ1) is 16.4. The summed E-state index contributed by atoms with van der Waals surface area (Å²) in [7, 11) is 1.80. The molecular weight excluding hydrogens is 242 g/mol. The summed E-state index contributed by atoms with van der Waals surface area (Å²) in [5, 5.41) is 6.00. The Labute approximate surface area is 117 Å². The Morgan fingerprint density at radius 3 is 2.89 bits per heavy atom. The van der Waals surface area contributed by atoms with E-state index in [1.54, 1.807) is 7.05 Å². The van der Waals surface area contributed by atoms with Gasteiger partial charge in [-0.3, -0.25) is 4.79 Å². The fraction of sp³-hybridized carbons (Fsp3) is 0.929. The Morgan fingerprint density at radius 2 is 2.26 bits per heavy atom. The van der Waals surface area contributed by atoms with Crippen LogP contribution in [0.3, 0.4) is 0 Å². The molecule has 112 valence electrons. The minimum absolute atomic E-state index is 0.101. The Hall–Kier alpha value is -0.650. The highest BCUT2D eigenvalue weighted by molar-refractivity contribution is 5.78. The molecule has 5 heteroatoms. The van der Waals surface area contributed by atoms with Crippen molar-refractivity contribution in [1.29, 1.82) is 0 Å². The fourth-order valence-electron chi connectivity index (χ4n) is 2.60. The molecule has 0 aliphatic carbocycles. The highest BCUT2D eigenvalue weighted by atomic mass is 16.5. The Kier molecular flexibility index (Phi) is 8.02. The molecular formula is C14H29N3O2. The molecule has 1 amide bonds. The molecule has 0 aromatic rings. The summed E-state index contributed by atoms with van der Waals surface area (Å²) < 4.78 is 5.36. The van der Waals surface area contributed by atoms with Gasteiger partial charge in [0.1, 0.15) is 0 Å². The SMILES string of the molecule is CCOCCCN1CCC(NC(=O)CNC)C(C)C1. The molecule has 1 aliphatic heterocycles. The summed E-state index contributed by atoms with van der Waals surface area (Å²) in [5.41, 5.74) is 0. The van der Waals surface area contributed by atoms with Gasteiger partial charge in [-0.1, -0.05) is 6.92 Å². The number of amides is 1. The molecule has 0 radical (unpaired) electrons. The molecule has 1 aliphatic rings. The predicted octanol–water partition coefficient (Wildman–Crippen LogP) is 0.459. The van der Waals surface area contributed by atoms with Crippen LogP contribution >= 0.6 is 0 Å². The predicted molar refractivity (Wildman–Crippen MR) is 77.2 cm³/mol. The van der Waals surface area contributed by atoms with E-state index < -0.39 is 0 Å². The molecule has 5 nitrogen and oxygen atoms in total. The molecule has 1 heterocycles. The van der Waals surface area contributed by atoms with E-state index in [2.05, 4.69) is 22.5 Å². The van der Waals surface area contributed by atoms with E-state index in [0.717, 1.165) is 45.7 Å². The van der Waals surface area contributed by atoms with E-state index in [1.807, 2.05) is 6.92 Å².